The van der Waals surface area contributed by atoms with Crippen LogP contribution in [-0.2, 0) is 12.3 Å². The maximum atomic E-state index is 12.0. The summed E-state index contributed by atoms with van der Waals surface area (Å²) < 4.78 is 29.5. The number of furan rings is 1. The molecule has 1 saturated carbocycles. The van der Waals surface area contributed by atoms with Crippen LogP contribution in [0.15, 0.2) is 16.5 Å². The van der Waals surface area contributed by atoms with Gasteiger partial charge in [-0.05, 0) is 37.8 Å². The minimum Gasteiger partial charge on any atom is -0.464 e. The van der Waals surface area contributed by atoms with Gasteiger partial charge in [0.1, 0.15) is 11.5 Å². The molecule has 102 valence electrons. The highest BCUT2D eigenvalue weighted by atomic mass is 32.2. The van der Waals surface area contributed by atoms with Crippen molar-refractivity contribution in [2.75, 3.05) is 0 Å². The average molecular weight is 275 g/mol. The lowest BCUT2D eigenvalue weighted by atomic mass is 9.80. The van der Waals surface area contributed by atoms with Crippen LogP contribution < -0.4 is 5.32 Å². The molecule has 1 aliphatic rings. The van der Waals surface area contributed by atoms with E-state index in [4.69, 9.17) is 4.42 Å². The zero-order chi connectivity index (χ0) is 13.0. The van der Waals surface area contributed by atoms with Gasteiger partial charge in [0, 0.05) is 6.04 Å². The van der Waals surface area contributed by atoms with Gasteiger partial charge in [0.15, 0.2) is 0 Å². The number of rotatable bonds is 7. The van der Waals surface area contributed by atoms with Gasteiger partial charge < -0.3 is 9.73 Å². The second-order valence-corrected chi connectivity index (χ2v) is 5.78. The standard InChI is InChI=1S/C13H19F2NOS/c1-9(10-3-2-4-10)16-7-11-5-6-12(17-11)8-18-13(14)15/h5-6,9-10,13,16H,2-4,7-8H2,1H3. The van der Waals surface area contributed by atoms with E-state index in [0.717, 1.165) is 11.7 Å². The van der Waals surface area contributed by atoms with E-state index in [1.807, 2.05) is 6.07 Å². The van der Waals surface area contributed by atoms with Crippen LogP contribution in [0.5, 0.6) is 0 Å². The third-order valence-corrected chi connectivity index (χ3v) is 4.23. The summed E-state index contributed by atoms with van der Waals surface area (Å²) in [6.45, 7) is 2.87. The Morgan fingerprint density at radius 2 is 2.11 bits per heavy atom. The Balaban J connectivity index is 1.72. The Morgan fingerprint density at radius 3 is 2.72 bits per heavy atom. The Labute approximate surface area is 111 Å². The molecule has 1 atom stereocenters. The van der Waals surface area contributed by atoms with E-state index in [0.29, 0.717) is 30.1 Å². The molecule has 2 nitrogen and oxygen atoms in total. The molecule has 1 fully saturated rings. The molecule has 1 aromatic rings. The number of thioether (sulfide) groups is 1. The van der Waals surface area contributed by atoms with Crippen LogP contribution >= 0.6 is 11.8 Å². The molecule has 1 aromatic heterocycles. The van der Waals surface area contributed by atoms with Crippen LogP contribution in [0.1, 0.15) is 37.7 Å². The Kier molecular flexibility index (Phi) is 5.06. The molecule has 0 saturated heterocycles. The highest BCUT2D eigenvalue weighted by Crippen LogP contribution is 2.29. The summed E-state index contributed by atoms with van der Waals surface area (Å²) in [6.07, 6.45) is 3.96. The van der Waals surface area contributed by atoms with Crippen molar-refractivity contribution in [3.8, 4) is 0 Å². The molecule has 0 aliphatic heterocycles. The monoisotopic (exact) mass is 275 g/mol. The molecule has 0 bridgehead atoms. The van der Waals surface area contributed by atoms with Crippen molar-refractivity contribution in [3.63, 3.8) is 0 Å². The van der Waals surface area contributed by atoms with Gasteiger partial charge in [0.05, 0.1) is 12.3 Å². The predicted octanol–water partition coefficient (Wildman–Crippen LogP) is 4.01. The van der Waals surface area contributed by atoms with Gasteiger partial charge in [-0.2, -0.15) is 8.78 Å². The molecule has 18 heavy (non-hydrogen) atoms. The zero-order valence-corrected chi connectivity index (χ0v) is 11.3. The molecular weight excluding hydrogens is 256 g/mol. The van der Waals surface area contributed by atoms with E-state index < -0.39 is 5.76 Å². The first-order valence-corrected chi connectivity index (χ1v) is 7.41. The van der Waals surface area contributed by atoms with E-state index in [1.54, 1.807) is 6.07 Å². The Bertz CT molecular complexity index is 366. The van der Waals surface area contributed by atoms with Gasteiger partial charge in [0.25, 0.3) is 5.76 Å². The normalized spacial score (nSPS) is 18.0. The lowest BCUT2D eigenvalue weighted by Gasteiger charge is -2.31. The first-order valence-electron chi connectivity index (χ1n) is 6.36. The van der Waals surface area contributed by atoms with Crippen LogP contribution in [0, 0.1) is 5.92 Å². The van der Waals surface area contributed by atoms with Gasteiger partial charge in [-0.1, -0.05) is 18.2 Å². The molecule has 1 heterocycles. The molecule has 0 amide bonds. The fraction of sp³-hybridized carbons (Fsp3) is 0.692. The third-order valence-electron chi connectivity index (χ3n) is 3.52. The SMILES string of the molecule is CC(NCc1ccc(CSC(F)F)o1)C1CCC1. The maximum Gasteiger partial charge on any atom is 0.284 e. The van der Waals surface area contributed by atoms with Crippen LogP contribution in [0.4, 0.5) is 8.78 Å². The maximum absolute atomic E-state index is 12.0. The Morgan fingerprint density at radius 1 is 1.39 bits per heavy atom. The van der Waals surface area contributed by atoms with Gasteiger partial charge in [-0.25, -0.2) is 0 Å². The summed E-state index contributed by atoms with van der Waals surface area (Å²) in [5.74, 6) is 0.124. The van der Waals surface area contributed by atoms with Crippen molar-refractivity contribution < 1.29 is 13.2 Å². The fourth-order valence-corrected chi connectivity index (χ4v) is 2.55. The highest BCUT2D eigenvalue weighted by molar-refractivity contribution is 7.98. The molecule has 0 radical (unpaired) electrons. The summed E-state index contributed by atoms with van der Waals surface area (Å²) in [5.41, 5.74) is 0. The van der Waals surface area contributed by atoms with E-state index in [2.05, 4.69) is 12.2 Å². The topological polar surface area (TPSA) is 25.2 Å². The summed E-state index contributed by atoms with van der Waals surface area (Å²) in [5, 5.41) is 3.43. The van der Waals surface area contributed by atoms with Crippen LogP contribution in [0.2, 0.25) is 0 Å². The number of alkyl halides is 2. The summed E-state index contributed by atoms with van der Waals surface area (Å²) in [4.78, 5) is 0. The molecular formula is C13H19F2NOS. The third kappa shape index (κ3) is 3.99. The molecule has 5 heteroatoms. The van der Waals surface area contributed by atoms with E-state index in [-0.39, 0.29) is 5.75 Å². The summed E-state index contributed by atoms with van der Waals surface area (Å²) in [6, 6.07) is 4.14. The second kappa shape index (κ2) is 6.57. The number of hydrogen-bond acceptors (Lipinski definition) is 3. The minimum atomic E-state index is -2.34. The lowest BCUT2D eigenvalue weighted by molar-refractivity contribution is 0.236. The van der Waals surface area contributed by atoms with Crippen molar-refractivity contribution >= 4 is 11.8 Å². The first kappa shape index (κ1) is 13.9. The van der Waals surface area contributed by atoms with E-state index in [9.17, 15) is 8.78 Å². The van der Waals surface area contributed by atoms with Crippen molar-refractivity contribution in [2.24, 2.45) is 5.92 Å². The van der Waals surface area contributed by atoms with Gasteiger partial charge in [-0.3, -0.25) is 0 Å². The first-order chi connectivity index (χ1) is 8.65. The minimum absolute atomic E-state index is 0.232. The number of halogens is 2. The zero-order valence-electron chi connectivity index (χ0n) is 10.5. The molecule has 1 N–H and O–H groups in total. The summed E-state index contributed by atoms with van der Waals surface area (Å²) >= 11 is 0.592. The molecule has 2 rings (SSSR count). The number of nitrogens with one attached hydrogen (secondary N) is 1. The molecule has 0 spiro atoms. The average Bonchev–Trinajstić information content (AvgIpc) is 2.69. The second-order valence-electron chi connectivity index (χ2n) is 4.80. The quantitative estimate of drug-likeness (QED) is 0.814. The number of hydrogen-bond donors (Lipinski definition) is 1. The Hall–Kier alpha value is -0.550. The van der Waals surface area contributed by atoms with Crippen molar-refractivity contribution in [1.29, 1.82) is 0 Å². The summed E-state index contributed by atoms with van der Waals surface area (Å²) in [7, 11) is 0. The highest BCUT2D eigenvalue weighted by Gasteiger charge is 2.23. The van der Waals surface area contributed by atoms with Gasteiger partial charge >= 0.3 is 0 Å². The van der Waals surface area contributed by atoms with Crippen LogP contribution in [0.25, 0.3) is 0 Å². The molecule has 1 aliphatic carbocycles. The van der Waals surface area contributed by atoms with Crippen LogP contribution in [-0.4, -0.2) is 11.8 Å². The lowest BCUT2D eigenvalue weighted by Crippen LogP contribution is -2.36. The molecule has 0 aromatic carbocycles. The van der Waals surface area contributed by atoms with E-state index in [1.165, 1.54) is 19.3 Å². The largest absolute Gasteiger partial charge is 0.464 e. The molecule has 1 unspecified atom stereocenters. The van der Waals surface area contributed by atoms with Gasteiger partial charge in [-0.15, -0.1) is 0 Å². The van der Waals surface area contributed by atoms with Crippen molar-refractivity contribution in [3.05, 3.63) is 23.7 Å². The predicted molar refractivity (Wildman–Crippen MR) is 69.6 cm³/mol. The fourth-order valence-electron chi connectivity index (χ4n) is 2.11. The smallest absolute Gasteiger partial charge is 0.284 e. The van der Waals surface area contributed by atoms with Crippen molar-refractivity contribution in [2.45, 2.75) is 50.3 Å². The van der Waals surface area contributed by atoms with Gasteiger partial charge in [0.2, 0.25) is 0 Å². The van der Waals surface area contributed by atoms with E-state index >= 15 is 0 Å². The van der Waals surface area contributed by atoms with Crippen LogP contribution in [0.3, 0.4) is 0 Å². The van der Waals surface area contributed by atoms with Crippen molar-refractivity contribution in [1.82, 2.24) is 5.32 Å².